The third-order valence-electron chi connectivity index (χ3n) is 4.21. The molecule has 1 fully saturated rings. The number of thiocarbonyl (C=S) groups is 1. The zero-order valence-electron chi connectivity index (χ0n) is 15.1. The summed E-state index contributed by atoms with van der Waals surface area (Å²) in [7, 11) is 0. The number of amides is 2. The number of nitrogens with one attached hydrogen (secondary N) is 1. The molecule has 144 valence electrons. The second kappa shape index (κ2) is 9.87. The van der Waals surface area contributed by atoms with Gasteiger partial charge in [-0.3, -0.25) is 14.5 Å². The van der Waals surface area contributed by atoms with Crippen molar-refractivity contribution in [2.24, 2.45) is 0 Å². The second-order valence-corrected chi connectivity index (χ2v) is 8.27. The zero-order valence-corrected chi connectivity index (χ0v) is 17.4. The Kier molecular flexibility index (Phi) is 7.25. The SMILES string of the molecule is O=C(CCN1C(=O)/C(=C/c2ccccc2Cl)SC1=S)NCCc1ccccc1. The molecule has 0 bridgehead atoms. The fourth-order valence-corrected chi connectivity index (χ4v) is 4.21. The molecule has 0 saturated carbocycles. The fourth-order valence-electron chi connectivity index (χ4n) is 2.72. The van der Waals surface area contributed by atoms with Gasteiger partial charge in [-0.25, -0.2) is 0 Å². The summed E-state index contributed by atoms with van der Waals surface area (Å²) in [4.78, 5) is 26.7. The Morgan fingerprint density at radius 1 is 1.14 bits per heavy atom. The molecule has 0 unspecified atom stereocenters. The molecule has 2 aromatic carbocycles. The molecule has 1 aliphatic rings. The molecule has 1 heterocycles. The lowest BCUT2D eigenvalue weighted by Gasteiger charge is -2.14. The Morgan fingerprint density at radius 2 is 1.86 bits per heavy atom. The molecular formula is C21H19ClN2O2S2. The van der Waals surface area contributed by atoms with Crippen LogP contribution in [0.1, 0.15) is 17.5 Å². The van der Waals surface area contributed by atoms with Crippen molar-refractivity contribution >= 4 is 57.8 Å². The van der Waals surface area contributed by atoms with Crippen LogP contribution in [0.5, 0.6) is 0 Å². The van der Waals surface area contributed by atoms with Gasteiger partial charge in [0, 0.05) is 24.5 Å². The summed E-state index contributed by atoms with van der Waals surface area (Å²) in [5, 5.41) is 3.46. The topological polar surface area (TPSA) is 49.4 Å². The van der Waals surface area contributed by atoms with E-state index < -0.39 is 0 Å². The first-order valence-corrected chi connectivity index (χ1v) is 10.5. The molecule has 0 atom stereocenters. The van der Waals surface area contributed by atoms with Crippen molar-refractivity contribution in [3.63, 3.8) is 0 Å². The van der Waals surface area contributed by atoms with Crippen LogP contribution in [0.4, 0.5) is 0 Å². The van der Waals surface area contributed by atoms with E-state index in [1.807, 2.05) is 48.5 Å². The molecule has 1 saturated heterocycles. The number of carbonyl (C=O) groups is 2. The molecule has 2 amide bonds. The van der Waals surface area contributed by atoms with E-state index in [1.165, 1.54) is 22.2 Å². The lowest BCUT2D eigenvalue weighted by atomic mass is 10.1. The number of benzene rings is 2. The predicted octanol–water partition coefficient (Wildman–Crippen LogP) is 4.29. The van der Waals surface area contributed by atoms with E-state index in [0.717, 1.165) is 12.0 Å². The first-order valence-electron chi connectivity index (χ1n) is 8.85. The molecule has 3 rings (SSSR count). The average molecular weight is 431 g/mol. The standard InChI is InChI=1S/C21H19ClN2O2S2/c22-17-9-5-4-8-16(17)14-18-20(26)24(21(27)28-18)13-11-19(25)23-12-10-15-6-2-1-3-7-15/h1-9,14H,10-13H2,(H,23,25)/b18-14-. The van der Waals surface area contributed by atoms with Crippen LogP contribution >= 0.6 is 35.6 Å². The van der Waals surface area contributed by atoms with Crippen molar-refractivity contribution in [3.8, 4) is 0 Å². The molecular weight excluding hydrogens is 412 g/mol. The van der Waals surface area contributed by atoms with E-state index in [9.17, 15) is 9.59 Å². The minimum atomic E-state index is -0.188. The summed E-state index contributed by atoms with van der Waals surface area (Å²) in [5.41, 5.74) is 1.94. The maximum Gasteiger partial charge on any atom is 0.266 e. The highest BCUT2D eigenvalue weighted by molar-refractivity contribution is 8.26. The van der Waals surface area contributed by atoms with Crippen LogP contribution in [-0.4, -0.2) is 34.1 Å². The van der Waals surface area contributed by atoms with Crippen molar-refractivity contribution < 1.29 is 9.59 Å². The molecule has 2 aromatic rings. The molecule has 4 nitrogen and oxygen atoms in total. The molecule has 0 aromatic heterocycles. The highest BCUT2D eigenvalue weighted by atomic mass is 35.5. The summed E-state index contributed by atoms with van der Waals surface area (Å²) >= 11 is 12.7. The lowest BCUT2D eigenvalue weighted by Crippen LogP contribution is -2.34. The summed E-state index contributed by atoms with van der Waals surface area (Å²) in [6, 6.07) is 17.3. The van der Waals surface area contributed by atoms with Crippen molar-refractivity contribution in [1.82, 2.24) is 10.2 Å². The highest BCUT2D eigenvalue weighted by Crippen LogP contribution is 2.33. The van der Waals surface area contributed by atoms with E-state index >= 15 is 0 Å². The summed E-state index contributed by atoms with van der Waals surface area (Å²) in [5.74, 6) is -0.285. The third-order valence-corrected chi connectivity index (χ3v) is 5.93. The molecule has 7 heteroatoms. The Hall–Kier alpha value is -2.15. The number of carbonyl (C=O) groups excluding carboxylic acids is 2. The van der Waals surface area contributed by atoms with Gasteiger partial charge < -0.3 is 5.32 Å². The van der Waals surface area contributed by atoms with Crippen LogP contribution in [-0.2, 0) is 16.0 Å². The Morgan fingerprint density at radius 3 is 2.61 bits per heavy atom. The van der Waals surface area contributed by atoms with Crippen molar-refractivity contribution in [1.29, 1.82) is 0 Å². The van der Waals surface area contributed by atoms with Gasteiger partial charge in [0.25, 0.3) is 5.91 Å². The summed E-state index contributed by atoms with van der Waals surface area (Å²) < 4.78 is 0.459. The minimum Gasteiger partial charge on any atom is -0.356 e. The Bertz CT molecular complexity index is 916. The van der Waals surface area contributed by atoms with Gasteiger partial charge in [-0.1, -0.05) is 84.1 Å². The smallest absolute Gasteiger partial charge is 0.266 e. The monoisotopic (exact) mass is 430 g/mol. The van der Waals surface area contributed by atoms with Crippen LogP contribution in [0.3, 0.4) is 0 Å². The largest absolute Gasteiger partial charge is 0.356 e. The quantitative estimate of drug-likeness (QED) is 0.525. The van der Waals surface area contributed by atoms with Gasteiger partial charge >= 0.3 is 0 Å². The second-order valence-electron chi connectivity index (χ2n) is 6.19. The van der Waals surface area contributed by atoms with Gasteiger partial charge in [-0.05, 0) is 29.7 Å². The maximum atomic E-state index is 12.6. The van der Waals surface area contributed by atoms with Crippen LogP contribution in [0.25, 0.3) is 6.08 Å². The zero-order chi connectivity index (χ0) is 19.9. The minimum absolute atomic E-state index is 0.0972. The van der Waals surface area contributed by atoms with Crippen molar-refractivity contribution in [2.45, 2.75) is 12.8 Å². The number of hydrogen-bond acceptors (Lipinski definition) is 4. The number of thioether (sulfide) groups is 1. The highest BCUT2D eigenvalue weighted by Gasteiger charge is 2.32. The number of nitrogens with zero attached hydrogens (tertiary/aromatic N) is 1. The lowest BCUT2D eigenvalue weighted by molar-refractivity contribution is -0.123. The van der Waals surface area contributed by atoms with Gasteiger partial charge in [0.05, 0.1) is 4.91 Å². The van der Waals surface area contributed by atoms with Crippen molar-refractivity contribution in [3.05, 3.63) is 75.7 Å². The van der Waals surface area contributed by atoms with Crippen molar-refractivity contribution in [2.75, 3.05) is 13.1 Å². The van der Waals surface area contributed by atoms with Crippen LogP contribution < -0.4 is 5.32 Å². The first kappa shape index (κ1) is 20.6. The molecule has 0 aliphatic carbocycles. The number of rotatable bonds is 7. The molecule has 1 N–H and O–H groups in total. The van der Waals surface area contributed by atoms with Gasteiger partial charge in [0.1, 0.15) is 4.32 Å². The van der Waals surface area contributed by atoms with E-state index in [0.29, 0.717) is 20.8 Å². The Labute approximate surface area is 178 Å². The van der Waals surface area contributed by atoms with Crippen LogP contribution in [0.15, 0.2) is 59.5 Å². The predicted molar refractivity (Wildman–Crippen MR) is 119 cm³/mol. The summed E-state index contributed by atoms with van der Waals surface area (Å²) in [6.45, 7) is 0.829. The van der Waals surface area contributed by atoms with E-state index in [4.69, 9.17) is 23.8 Å². The van der Waals surface area contributed by atoms with Gasteiger partial charge in [0.15, 0.2) is 0 Å². The Balaban J connectivity index is 1.50. The van der Waals surface area contributed by atoms with Crippen LogP contribution in [0, 0.1) is 0 Å². The molecule has 0 radical (unpaired) electrons. The van der Waals surface area contributed by atoms with E-state index in [1.54, 1.807) is 12.1 Å². The average Bonchev–Trinajstić information content (AvgIpc) is 2.96. The van der Waals surface area contributed by atoms with E-state index in [-0.39, 0.29) is 24.8 Å². The van der Waals surface area contributed by atoms with Gasteiger partial charge in [-0.15, -0.1) is 0 Å². The number of hydrogen-bond donors (Lipinski definition) is 1. The number of halogens is 1. The normalized spacial score (nSPS) is 15.3. The maximum absolute atomic E-state index is 12.6. The van der Waals surface area contributed by atoms with Crippen LogP contribution in [0.2, 0.25) is 5.02 Å². The molecule has 0 spiro atoms. The van der Waals surface area contributed by atoms with E-state index in [2.05, 4.69) is 5.32 Å². The first-order chi connectivity index (χ1) is 13.5. The molecule has 1 aliphatic heterocycles. The summed E-state index contributed by atoms with van der Waals surface area (Å²) in [6.07, 6.45) is 2.72. The van der Waals surface area contributed by atoms with Gasteiger partial charge in [-0.2, -0.15) is 0 Å². The molecule has 28 heavy (non-hydrogen) atoms. The third kappa shape index (κ3) is 5.44. The fraction of sp³-hybridized carbons (Fsp3) is 0.190. The van der Waals surface area contributed by atoms with Gasteiger partial charge in [0.2, 0.25) is 5.91 Å².